The van der Waals surface area contributed by atoms with Gasteiger partial charge in [-0.25, -0.2) is 0 Å². The maximum atomic E-state index is 9.04. The predicted octanol–water partition coefficient (Wildman–Crippen LogP) is 28.3. The summed E-state index contributed by atoms with van der Waals surface area (Å²) in [6, 6.07) is 104. The van der Waals surface area contributed by atoms with Crippen LogP contribution in [0, 0.1) is 27.7 Å². The molecule has 0 atom stereocenters. The molecule has 0 aliphatic heterocycles. The maximum absolute atomic E-state index is 9.04. The molecule has 0 radical (unpaired) electrons. The highest BCUT2D eigenvalue weighted by Crippen LogP contribution is 2.27. The highest BCUT2D eigenvalue weighted by atomic mass is 16.3. The van der Waals surface area contributed by atoms with Crippen LogP contribution in [0.15, 0.2) is 316 Å². The highest BCUT2D eigenvalue weighted by molar-refractivity contribution is 5.68. The van der Waals surface area contributed by atoms with E-state index in [2.05, 4.69) is 348 Å². The number of unbranched alkanes of at least 4 members (excludes halogenated alkanes) is 4. The Bertz CT molecular complexity index is 4290. The number of hydrogen-bond donors (Lipinski definition) is 2. The predicted molar refractivity (Wildman–Crippen MR) is 458 cm³/mol. The zero-order chi connectivity index (χ0) is 74.6. The summed E-state index contributed by atoms with van der Waals surface area (Å²) in [5, 5.41) is 18.0. The van der Waals surface area contributed by atoms with E-state index in [0.717, 1.165) is 43.2 Å². The number of aliphatic hydroxyl groups is 2. The van der Waals surface area contributed by atoms with Gasteiger partial charge in [-0.3, -0.25) is 0 Å². The van der Waals surface area contributed by atoms with Gasteiger partial charge in [0.25, 0.3) is 0 Å². The summed E-state index contributed by atoms with van der Waals surface area (Å²) in [6.45, 7) is 23.4. The topological polar surface area (TPSA) is 40.5 Å². The number of rotatable bonds is 26. The van der Waals surface area contributed by atoms with E-state index in [9.17, 15) is 0 Å². The third-order valence-corrected chi connectivity index (χ3v) is 18.9. The first-order valence-electron chi connectivity index (χ1n) is 38.8. The van der Waals surface area contributed by atoms with Crippen molar-refractivity contribution in [1.29, 1.82) is 0 Å². The third-order valence-electron chi connectivity index (χ3n) is 18.9. The number of aryl methyl sites for hydroxylation is 10. The van der Waals surface area contributed by atoms with Crippen molar-refractivity contribution >= 4 is 0 Å². The Morgan fingerprint density at radius 1 is 0.229 bits per heavy atom. The van der Waals surface area contributed by atoms with Crippen LogP contribution in [-0.4, -0.2) is 10.2 Å². The van der Waals surface area contributed by atoms with Gasteiger partial charge in [-0.1, -0.05) is 398 Å². The molecular formula is C103H118O2. The average molecular weight is 1390 g/mol. The van der Waals surface area contributed by atoms with Crippen molar-refractivity contribution in [2.24, 2.45) is 0 Å². The summed E-state index contributed by atoms with van der Waals surface area (Å²) < 4.78 is 0. The van der Waals surface area contributed by atoms with Crippen molar-refractivity contribution in [3.63, 3.8) is 0 Å². The van der Waals surface area contributed by atoms with Gasteiger partial charge in [0.15, 0.2) is 0 Å². The Balaban J connectivity index is 0.000000176. The molecule has 0 amide bonds. The van der Waals surface area contributed by atoms with E-state index < -0.39 is 0 Å². The molecule has 12 aromatic rings. The number of hydrogen-bond acceptors (Lipinski definition) is 2. The van der Waals surface area contributed by atoms with Gasteiger partial charge in [-0.15, -0.1) is 6.58 Å². The number of benzene rings is 12. The van der Waals surface area contributed by atoms with Crippen LogP contribution in [0.25, 0.3) is 66.8 Å². The van der Waals surface area contributed by atoms with Crippen molar-refractivity contribution in [2.45, 2.75) is 178 Å². The van der Waals surface area contributed by atoms with Crippen LogP contribution in [0.5, 0.6) is 0 Å². The van der Waals surface area contributed by atoms with Crippen molar-refractivity contribution < 1.29 is 10.2 Å². The lowest BCUT2D eigenvalue weighted by atomic mass is 10.0. The summed E-state index contributed by atoms with van der Waals surface area (Å²) in [6.07, 6.45) is 25.6. The molecule has 0 fully saturated rings. The quantitative estimate of drug-likeness (QED) is 0.0419. The van der Waals surface area contributed by atoms with Crippen LogP contribution in [0.4, 0.5) is 0 Å². The molecule has 0 aliphatic carbocycles. The smallest absolute Gasteiger partial charge is 0.0681 e. The van der Waals surface area contributed by atoms with Crippen molar-refractivity contribution in [2.75, 3.05) is 0 Å². The van der Waals surface area contributed by atoms with Gasteiger partial charge < -0.3 is 10.2 Å². The first-order chi connectivity index (χ1) is 51.3. The van der Waals surface area contributed by atoms with E-state index in [1.54, 1.807) is 0 Å². The molecule has 0 heterocycles. The summed E-state index contributed by atoms with van der Waals surface area (Å²) in [7, 11) is 0. The Kier molecular flexibility index (Phi) is 37.2. The normalized spacial score (nSPS) is 10.5. The second-order valence-electron chi connectivity index (χ2n) is 27.7. The fourth-order valence-corrected chi connectivity index (χ4v) is 12.2. The van der Waals surface area contributed by atoms with E-state index in [0.29, 0.717) is 0 Å². The summed E-state index contributed by atoms with van der Waals surface area (Å²) in [5.74, 6) is 0. The van der Waals surface area contributed by atoms with E-state index in [4.69, 9.17) is 10.2 Å². The Hall–Kier alpha value is -9.96. The maximum Gasteiger partial charge on any atom is 0.0681 e. The largest absolute Gasteiger partial charge is 0.392 e. The minimum atomic E-state index is 0.107. The van der Waals surface area contributed by atoms with Crippen LogP contribution in [0.3, 0.4) is 0 Å². The molecule has 12 rings (SSSR count). The molecule has 0 aliphatic rings. The minimum absolute atomic E-state index is 0.107. The van der Waals surface area contributed by atoms with Crippen LogP contribution < -0.4 is 0 Å². The van der Waals surface area contributed by atoms with Gasteiger partial charge in [0.2, 0.25) is 0 Å². The lowest BCUT2D eigenvalue weighted by Gasteiger charge is -2.05. The molecule has 0 unspecified atom stereocenters. The monoisotopic (exact) mass is 1390 g/mol. The second-order valence-corrected chi connectivity index (χ2v) is 27.7. The summed E-state index contributed by atoms with van der Waals surface area (Å²) in [4.78, 5) is 0. The van der Waals surface area contributed by atoms with E-state index in [1.165, 1.54) is 193 Å². The molecule has 105 heavy (non-hydrogen) atoms. The average Bonchev–Trinajstić information content (AvgIpc) is 0.907. The molecule has 12 aromatic carbocycles. The Morgan fingerprint density at radius 2 is 0.419 bits per heavy atom. The van der Waals surface area contributed by atoms with E-state index >= 15 is 0 Å². The zero-order valence-corrected chi connectivity index (χ0v) is 64.8. The SMILES string of the molecule is C/C=C/CCc1ccc(-c2ccc(C)cc2)cc1.C=CCCc1ccc(-c2ccc(C)cc2)cc1.CCCCCc1ccc(-c2ccc(C)cc2)cc1.CCCCCc1ccc(-c2ccc(CO)cc2)cc1.CCCc1ccc(-c2ccc(C)cc2)cc1.CCCc1ccc(-c2ccc(CO)cc2)cc1. The molecule has 2 heteroatoms. The van der Waals surface area contributed by atoms with Crippen LogP contribution >= 0.6 is 0 Å². The highest BCUT2D eigenvalue weighted by Gasteiger charge is 2.05. The molecular weight excluding hydrogens is 1270 g/mol. The van der Waals surface area contributed by atoms with E-state index in [-0.39, 0.29) is 13.2 Å². The Morgan fingerprint density at radius 3 is 0.610 bits per heavy atom. The second kappa shape index (κ2) is 47.4. The molecule has 0 saturated carbocycles. The van der Waals surface area contributed by atoms with Gasteiger partial charge in [0.1, 0.15) is 0 Å². The van der Waals surface area contributed by atoms with Crippen LogP contribution in [0.2, 0.25) is 0 Å². The van der Waals surface area contributed by atoms with Gasteiger partial charge in [0, 0.05) is 0 Å². The first-order valence-corrected chi connectivity index (χ1v) is 38.8. The fourth-order valence-electron chi connectivity index (χ4n) is 12.2. The van der Waals surface area contributed by atoms with Gasteiger partial charge in [-0.05, 0) is 210 Å². The van der Waals surface area contributed by atoms with Crippen molar-refractivity contribution in [1.82, 2.24) is 0 Å². The van der Waals surface area contributed by atoms with Gasteiger partial charge in [-0.2, -0.15) is 0 Å². The molecule has 542 valence electrons. The number of aliphatic hydroxyl groups excluding tert-OH is 2. The molecule has 0 spiro atoms. The molecule has 0 bridgehead atoms. The minimum Gasteiger partial charge on any atom is -0.392 e. The third kappa shape index (κ3) is 30.0. The van der Waals surface area contributed by atoms with Crippen LogP contribution in [-0.2, 0) is 51.7 Å². The fraction of sp³-hybridized carbons (Fsp3) is 0.262. The van der Waals surface area contributed by atoms with Crippen molar-refractivity contribution in [3.05, 3.63) is 383 Å². The summed E-state index contributed by atoms with van der Waals surface area (Å²) >= 11 is 0. The van der Waals surface area contributed by atoms with E-state index in [1.807, 2.05) is 30.3 Å². The van der Waals surface area contributed by atoms with Crippen LogP contribution in [0.1, 0.15) is 166 Å². The molecule has 0 saturated heterocycles. The molecule has 2 N–H and O–H groups in total. The Labute approximate surface area is 634 Å². The summed E-state index contributed by atoms with van der Waals surface area (Å²) in [5.41, 5.74) is 30.9. The lowest BCUT2D eigenvalue weighted by Crippen LogP contribution is -1.86. The molecule has 0 aromatic heterocycles. The first kappa shape index (κ1) is 82.3. The molecule has 2 nitrogen and oxygen atoms in total. The van der Waals surface area contributed by atoms with Gasteiger partial charge in [0.05, 0.1) is 13.2 Å². The standard InChI is InChI=1S/C18H22O.C18H22.C18H20.C17H18.C16H18O.C16H18/c1-2-3-4-5-15-6-10-17(11-7-15)18-12-8-16(14-19)9-13-18;2*1-3-4-5-6-16-9-13-18(14-10-16)17-11-7-15(2)8-12-17;1-3-4-5-15-8-12-17(13-9-15)16-10-6-14(2)7-11-16;1-2-3-13-4-8-15(9-5-13)16-10-6-14(12-17)7-11-16;1-3-4-14-7-11-16(12-8-14)15-9-5-13(2)6-10-15/h6-13,19H,2-5,14H2,1H3;7-14H,3-6H2,1-2H3;3-4,7-14H,5-6H2,1-2H3;3,6-13H,1,4-5H2,2H3;4-11,17H,2-3,12H2,1H3;5-12H,3-4H2,1-2H3/b;;4-3+;;;. The number of allylic oxidation sites excluding steroid dienone is 3. The van der Waals surface area contributed by atoms with Crippen molar-refractivity contribution in [3.8, 4) is 66.8 Å². The lowest BCUT2D eigenvalue weighted by molar-refractivity contribution is 0.281. The van der Waals surface area contributed by atoms with Gasteiger partial charge >= 0.3 is 0 Å². The zero-order valence-electron chi connectivity index (χ0n) is 64.8.